The quantitative estimate of drug-likeness (QED) is 0.434. The number of carbonyl (C=O) groups excluding carboxylic acids is 3. The molecule has 1 aromatic heterocycles. The zero-order chi connectivity index (χ0) is 30.5. The Balaban J connectivity index is 1.51. The molecule has 0 bridgehead atoms. The Kier molecular flexibility index (Phi) is 6.97. The topological polar surface area (TPSA) is 106 Å². The number of rotatable bonds is 6. The lowest BCUT2D eigenvalue weighted by atomic mass is 9.83. The van der Waals surface area contributed by atoms with Crippen molar-refractivity contribution < 1.29 is 27.6 Å². The van der Waals surface area contributed by atoms with Crippen LogP contribution in [0.2, 0.25) is 5.02 Å². The lowest BCUT2D eigenvalue weighted by Crippen LogP contribution is -2.64. The van der Waals surface area contributed by atoms with Gasteiger partial charge in [-0.3, -0.25) is 24.2 Å². The van der Waals surface area contributed by atoms with Crippen molar-refractivity contribution in [2.24, 2.45) is 0 Å². The van der Waals surface area contributed by atoms with E-state index in [-0.39, 0.29) is 28.5 Å². The van der Waals surface area contributed by atoms with Gasteiger partial charge in [0, 0.05) is 36.8 Å². The Morgan fingerprint density at radius 3 is 2.63 bits per heavy atom. The van der Waals surface area contributed by atoms with E-state index >= 15 is 0 Å². The molecule has 8 nitrogen and oxygen atoms in total. The highest BCUT2D eigenvalue weighted by Crippen LogP contribution is 2.47. The molecule has 2 heterocycles. The third-order valence-electron chi connectivity index (χ3n) is 8.09. The number of anilines is 2. The number of nitrogens with one attached hydrogen (secondary N) is 1. The molecule has 2 atom stereocenters. The number of nitriles is 1. The van der Waals surface area contributed by atoms with Gasteiger partial charge in [0.2, 0.25) is 0 Å². The molecule has 2 aliphatic carbocycles. The van der Waals surface area contributed by atoms with E-state index in [1.165, 1.54) is 42.6 Å². The summed E-state index contributed by atoms with van der Waals surface area (Å²) in [6.07, 6.45) is 3.16. The number of halogens is 4. The molecule has 3 aliphatic rings. The highest BCUT2D eigenvalue weighted by atomic mass is 35.5. The van der Waals surface area contributed by atoms with Crippen LogP contribution in [0.3, 0.4) is 0 Å². The molecule has 0 saturated heterocycles. The Bertz CT molecular complexity index is 1730. The predicted octanol–water partition coefficient (Wildman–Crippen LogP) is 4.81. The van der Waals surface area contributed by atoms with E-state index in [1.807, 2.05) is 6.07 Å². The van der Waals surface area contributed by atoms with Crippen LogP contribution in [0, 0.1) is 17.1 Å². The van der Waals surface area contributed by atoms with Crippen molar-refractivity contribution in [2.75, 3.05) is 9.80 Å². The molecule has 3 aromatic rings. The van der Waals surface area contributed by atoms with Crippen LogP contribution in [-0.4, -0.2) is 40.7 Å². The van der Waals surface area contributed by atoms with E-state index in [2.05, 4.69) is 10.3 Å². The van der Waals surface area contributed by atoms with Gasteiger partial charge in [0.15, 0.2) is 5.54 Å². The SMILES string of the molecule is N#Cc1ccnc(N2C(=O)C=C[C@H]2C(=O)N(c2ccc(Cl)c(F)c2)[C@@]2(C(=O)NC3CC(F)(F)C3)CCc3ccccc32)c1. The molecule has 2 aromatic carbocycles. The van der Waals surface area contributed by atoms with Crippen LogP contribution >= 0.6 is 11.6 Å². The number of aromatic nitrogens is 1. The Morgan fingerprint density at radius 1 is 1.14 bits per heavy atom. The maximum absolute atomic E-state index is 15.0. The van der Waals surface area contributed by atoms with Crippen molar-refractivity contribution in [3.63, 3.8) is 0 Å². The van der Waals surface area contributed by atoms with Crippen molar-refractivity contribution >= 4 is 40.8 Å². The Labute approximate surface area is 249 Å². The van der Waals surface area contributed by atoms with E-state index < -0.39 is 59.9 Å². The average Bonchev–Trinajstić information content (AvgIpc) is 3.55. The van der Waals surface area contributed by atoms with Gasteiger partial charge in [0.05, 0.1) is 16.7 Å². The first-order chi connectivity index (χ1) is 20.5. The van der Waals surface area contributed by atoms with E-state index in [4.69, 9.17) is 11.6 Å². The second-order valence-corrected chi connectivity index (χ2v) is 11.2. The van der Waals surface area contributed by atoms with E-state index in [9.17, 15) is 32.8 Å². The lowest BCUT2D eigenvalue weighted by molar-refractivity contribution is -0.137. The van der Waals surface area contributed by atoms with Crippen molar-refractivity contribution in [1.29, 1.82) is 5.26 Å². The number of pyridine rings is 1. The summed E-state index contributed by atoms with van der Waals surface area (Å²) in [4.78, 5) is 48.5. The fraction of sp³-hybridized carbons (Fsp3) is 0.258. The molecule has 0 unspecified atom stereocenters. The number of hydrogen-bond donors (Lipinski definition) is 1. The van der Waals surface area contributed by atoms with Gasteiger partial charge in [-0.1, -0.05) is 35.9 Å². The summed E-state index contributed by atoms with van der Waals surface area (Å²) >= 11 is 5.98. The van der Waals surface area contributed by atoms with Gasteiger partial charge in [-0.25, -0.2) is 18.2 Å². The maximum Gasteiger partial charge on any atom is 0.255 e. The molecule has 1 saturated carbocycles. The molecular formula is C31H23ClF3N5O3. The second-order valence-electron chi connectivity index (χ2n) is 10.8. The number of benzene rings is 2. The number of amides is 3. The van der Waals surface area contributed by atoms with Crippen molar-refractivity contribution in [2.45, 2.75) is 49.2 Å². The molecule has 1 N–H and O–H groups in total. The van der Waals surface area contributed by atoms with Crippen LogP contribution in [0.1, 0.15) is 36.0 Å². The smallest absolute Gasteiger partial charge is 0.255 e. The van der Waals surface area contributed by atoms with Crippen molar-refractivity contribution in [1.82, 2.24) is 10.3 Å². The average molecular weight is 606 g/mol. The monoisotopic (exact) mass is 605 g/mol. The molecule has 3 amide bonds. The van der Waals surface area contributed by atoms with Crippen LogP contribution in [0.25, 0.3) is 0 Å². The standard InChI is InChI=1S/C31H23ClF3N5O3/c32-23-6-5-21(14-24(23)33)40(28(42)25-7-8-27(41)39(25)26-13-18(17-36)10-12-37-26)31(11-9-19-3-1-2-4-22(19)31)29(43)38-20-15-30(34,35)16-20/h1-8,10,12-14,20,25H,9,11,15-16H2,(H,38,43)/t25-,31-/m0/s1. The van der Waals surface area contributed by atoms with Crippen molar-refractivity contribution in [3.8, 4) is 6.07 Å². The number of fused-ring (bicyclic) bond motifs is 1. The molecule has 1 aliphatic heterocycles. The number of alkyl halides is 2. The molecule has 0 radical (unpaired) electrons. The number of nitrogens with zero attached hydrogens (tertiary/aromatic N) is 4. The molecule has 218 valence electrons. The fourth-order valence-electron chi connectivity index (χ4n) is 6.07. The van der Waals surface area contributed by atoms with Gasteiger partial charge >= 0.3 is 0 Å². The third-order valence-corrected chi connectivity index (χ3v) is 8.40. The second kappa shape index (κ2) is 10.5. The molecule has 0 spiro atoms. The van der Waals surface area contributed by atoms with Gasteiger partial charge in [0.1, 0.15) is 17.7 Å². The van der Waals surface area contributed by atoms with Crippen LogP contribution < -0.4 is 15.1 Å². The lowest BCUT2D eigenvalue weighted by Gasteiger charge is -2.44. The number of aryl methyl sites for hydroxylation is 1. The van der Waals surface area contributed by atoms with E-state index in [0.29, 0.717) is 12.0 Å². The largest absolute Gasteiger partial charge is 0.351 e. The van der Waals surface area contributed by atoms with Crippen molar-refractivity contribution in [3.05, 3.63) is 100 Å². The van der Waals surface area contributed by atoms with Gasteiger partial charge in [-0.05, 0) is 60.4 Å². The first kappa shape index (κ1) is 28.4. The highest BCUT2D eigenvalue weighted by Gasteiger charge is 2.56. The fourth-order valence-corrected chi connectivity index (χ4v) is 6.18. The molecule has 12 heteroatoms. The van der Waals surface area contributed by atoms with E-state index in [1.54, 1.807) is 24.3 Å². The summed E-state index contributed by atoms with van der Waals surface area (Å²) in [6, 6.07) is 13.2. The first-order valence-corrected chi connectivity index (χ1v) is 13.9. The molecule has 6 rings (SSSR count). The minimum Gasteiger partial charge on any atom is -0.351 e. The summed E-state index contributed by atoms with van der Waals surface area (Å²) in [5, 5.41) is 11.9. The molecule has 43 heavy (non-hydrogen) atoms. The minimum absolute atomic E-state index is 0.0240. The van der Waals surface area contributed by atoms with Crippen LogP contribution in [0.4, 0.5) is 24.7 Å². The van der Waals surface area contributed by atoms with E-state index in [0.717, 1.165) is 21.4 Å². The normalized spacial score (nSPS) is 22.1. The summed E-state index contributed by atoms with van der Waals surface area (Å²) in [7, 11) is 0. The number of hydrogen-bond acceptors (Lipinski definition) is 5. The Morgan fingerprint density at radius 2 is 1.91 bits per heavy atom. The zero-order valence-electron chi connectivity index (χ0n) is 22.4. The summed E-state index contributed by atoms with van der Waals surface area (Å²) in [6.45, 7) is 0. The van der Waals surface area contributed by atoms with Crippen LogP contribution in [0.5, 0.6) is 0 Å². The van der Waals surface area contributed by atoms with Gasteiger partial charge in [0.25, 0.3) is 23.6 Å². The highest BCUT2D eigenvalue weighted by molar-refractivity contribution is 6.30. The Hall–Kier alpha value is -4.69. The maximum atomic E-state index is 15.0. The van der Waals surface area contributed by atoms with Gasteiger partial charge < -0.3 is 5.32 Å². The predicted molar refractivity (Wildman–Crippen MR) is 151 cm³/mol. The van der Waals surface area contributed by atoms with Gasteiger partial charge in [-0.15, -0.1) is 0 Å². The molecule has 1 fully saturated rings. The van der Waals surface area contributed by atoms with Crippen LogP contribution in [0.15, 0.2) is 72.9 Å². The first-order valence-electron chi connectivity index (χ1n) is 13.5. The zero-order valence-corrected chi connectivity index (χ0v) is 23.2. The number of carbonyl (C=O) groups is 3. The molecular weight excluding hydrogens is 583 g/mol. The van der Waals surface area contributed by atoms with Gasteiger partial charge in [-0.2, -0.15) is 5.26 Å². The minimum atomic E-state index is -2.91. The summed E-state index contributed by atoms with van der Waals surface area (Å²) in [5.41, 5.74) is -0.408. The summed E-state index contributed by atoms with van der Waals surface area (Å²) in [5.74, 6) is -5.81. The summed E-state index contributed by atoms with van der Waals surface area (Å²) < 4.78 is 42.4. The van der Waals surface area contributed by atoms with Crippen LogP contribution in [-0.2, 0) is 26.3 Å². The third kappa shape index (κ3) is 4.81.